The number of piperazine rings is 1. The number of phenolic OH excluding ortho intramolecular Hbond substituents is 1. The van der Waals surface area contributed by atoms with Crippen molar-refractivity contribution in [1.29, 1.82) is 0 Å². The normalized spacial score (nSPS) is 16.8. The Morgan fingerprint density at radius 2 is 1.87 bits per heavy atom. The van der Waals surface area contributed by atoms with Crippen LogP contribution >= 0.6 is 23.1 Å². The van der Waals surface area contributed by atoms with Gasteiger partial charge in [-0.3, -0.25) is 9.36 Å². The van der Waals surface area contributed by atoms with Crippen LogP contribution in [0.4, 0.5) is 5.69 Å². The number of nitrogens with zero attached hydrogens (tertiary/aromatic N) is 5. The second-order valence-electron chi connectivity index (χ2n) is 7.56. The zero-order valence-corrected chi connectivity index (χ0v) is 18.1. The van der Waals surface area contributed by atoms with Gasteiger partial charge in [-0.25, -0.2) is 0 Å². The van der Waals surface area contributed by atoms with Crippen molar-refractivity contribution in [3.63, 3.8) is 0 Å². The summed E-state index contributed by atoms with van der Waals surface area (Å²) in [7, 11) is 0. The maximum atomic E-state index is 12.8. The van der Waals surface area contributed by atoms with Gasteiger partial charge < -0.3 is 14.9 Å². The summed E-state index contributed by atoms with van der Waals surface area (Å²) in [4.78, 5) is 18.1. The van der Waals surface area contributed by atoms with Crippen LogP contribution in [0, 0.1) is 0 Å². The molecular formula is C21H23N5O2S2. The Morgan fingerprint density at radius 3 is 2.53 bits per heavy atom. The van der Waals surface area contributed by atoms with Gasteiger partial charge in [-0.15, -0.1) is 21.5 Å². The lowest BCUT2D eigenvalue weighted by molar-refractivity contribution is -0.128. The van der Waals surface area contributed by atoms with Crippen molar-refractivity contribution in [3.8, 4) is 16.5 Å². The van der Waals surface area contributed by atoms with Crippen LogP contribution in [0.25, 0.3) is 10.7 Å². The zero-order valence-electron chi connectivity index (χ0n) is 16.5. The molecule has 0 unspecified atom stereocenters. The van der Waals surface area contributed by atoms with Crippen LogP contribution in [0.1, 0.15) is 18.9 Å². The van der Waals surface area contributed by atoms with Gasteiger partial charge in [0.15, 0.2) is 11.0 Å². The van der Waals surface area contributed by atoms with Gasteiger partial charge in [-0.1, -0.05) is 17.8 Å². The topological polar surface area (TPSA) is 74.5 Å². The Morgan fingerprint density at radius 1 is 1.10 bits per heavy atom. The molecule has 1 aliphatic heterocycles. The van der Waals surface area contributed by atoms with Crippen LogP contribution in [0.5, 0.6) is 5.75 Å². The van der Waals surface area contributed by atoms with E-state index >= 15 is 0 Å². The highest BCUT2D eigenvalue weighted by molar-refractivity contribution is 7.99. The van der Waals surface area contributed by atoms with Crippen molar-refractivity contribution in [2.24, 2.45) is 0 Å². The fourth-order valence-electron chi connectivity index (χ4n) is 3.71. The average molecular weight is 442 g/mol. The van der Waals surface area contributed by atoms with Gasteiger partial charge in [0, 0.05) is 37.9 Å². The molecule has 1 saturated heterocycles. The van der Waals surface area contributed by atoms with E-state index in [1.807, 2.05) is 23.1 Å². The fraction of sp³-hybridized carbons (Fsp3) is 0.381. The lowest BCUT2D eigenvalue weighted by atomic mass is 10.2. The summed E-state index contributed by atoms with van der Waals surface area (Å²) in [6.45, 7) is 3.00. The molecule has 2 aliphatic rings. The van der Waals surface area contributed by atoms with Crippen LogP contribution in [0.3, 0.4) is 0 Å². The highest BCUT2D eigenvalue weighted by Gasteiger charge is 2.31. The molecule has 1 N–H and O–H groups in total. The summed E-state index contributed by atoms with van der Waals surface area (Å²) in [5.41, 5.74) is 1.08. The largest absolute Gasteiger partial charge is 0.508 e. The molecule has 1 saturated carbocycles. The number of phenols is 1. The van der Waals surface area contributed by atoms with Gasteiger partial charge in [0.2, 0.25) is 5.91 Å². The number of aromatic hydroxyl groups is 1. The van der Waals surface area contributed by atoms with E-state index in [4.69, 9.17) is 0 Å². The van der Waals surface area contributed by atoms with Gasteiger partial charge in [0.05, 0.1) is 10.6 Å². The molecule has 3 heterocycles. The molecule has 1 aliphatic carbocycles. The Labute approximate surface area is 183 Å². The molecule has 30 heavy (non-hydrogen) atoms. The number of anilines is 1. The summed E-state index contributed by atoms with van der Waals surface area (Å²) in [6.07, 6.45) is 2.30. The summed E-state index contributed by atoms with van der Waals surface area (Å²) in [5.74, 6) is 1.72. The predicted molar refractivity (Wildman–Crippen MR) is 119 cm³/mol. The molecule has 0 radical (unpaired) electrons. The number of hydrogen-bond acceptors (Lipinski definition) is 7. The Balaban J connectivity index is 1.19. The minimum atomic E-state index is 0.147. The van der Waals surface area contributed by atoms with E-state index < -0.39 is 0 Å². The second-order valence-corrected chi connectivity index (χ2v) is 9.45. The maximum absolute atomic E-state index is 12.8. The summed E-state index contributed by atoms with van der Waals surface area (Å²) in [6, 6.07) is 11.8. The lowest BCUT2D eigenvalue weighted by Crippen LogP contribution is -2.49. The fourth-order valence-corrected chi connectivity index (χ4v) is 5.32. The summed E-state index contributed by atoms with van der Waals surface area (Å²) in [5, 5.41) is 21.2. The predicted octanol–water partition coefficient (Wildman–Crippen LogP) is 3.49. The molecule has 0 atom stereocenters. The van der Waals surface area contributed by atoms with Gasteiger partial charge >= 0.3 is 0 Å². The zero-order chi connectivity index (χ0) is 20.5. The lowest BCUT2D eigenvalue weighted by Gasteiger charge is -2.36. The number of hydrogen-bond donors (Lipinski definition) is 1. The molecule has 9 heteroatoms. The van der Waals surface area contributed by atoms with Crippen LogP contribution in [-0.2, 0) is 4.79 Å². The smallest absolute Gasteiger partial charge is 0.233 e. The summed E-state index contributed by atoms with van der Waals surface area (Å²) >= 11 is 3.16. The van der Waals surface area contributed by atoms with Gasteiger partial charge in [-0.2, -0.15) is 0 Å². The molecule has 3 aromatic rings. The average Bonchev–Trinajstić information content (AvgIpc) is 3.29. The van der Waals surface area contributed by atoms with Crippen LogP contribution in [0.15, 0.2) is 46.9 Å². The molecule has 1 aromatic carbocycles. The first-order valence-electron chi connectivity index (χ1n) is 10.1. The summed E-state index contributed by atoms with van der Waals surface area (Å²) < 4.78 is 2.21. The molecule has 0 spiro atoms. The van der Waals surface area contributed by atoms with E-state index in [-0.39, 0.29) is 11.7 Å². The van der Waals surface area contributed by atoms with Gasteiger partial charge in [0.25, 0.3) is 0 Å². The molecule has 1 amide bonds. The molecule has 156 valence electrons. The number of amides is 1. The maximum Gasteiger partial charge on any atom is 0.233 e. The van der Waals surface area contributed by atoms with E-state index in [1.165, 1.54) is 11.8 Å². The SMILES string of the molecule is O=C(CSc1nnc(-c2cccs2)n1C1CC1)N1CCN(c2ccc(O)cc2)CC1. The monoisotopic (exact) mass is 441 g/mol. The number of thiophene rings is 1. The van der Waals surface area contributed by atoms with Gasteiger partial charge in [0.1, 0.15) is 5.75 Å². The number of carbonyl (C=O) groups excluding carboxylic acids is 1. The Kier molecular flexibility index (Phi) is 5.39. The Bertz CT molecular complexity index is 1010. The van der Waals surface area contributed by atoms with Crippen molar-refractivity contribution in [3.05, 3.63) is 41.8 Å². The van der Waals surface area contributed by atoms with E-state index in [1.54, 1.807) is 23.5 Å². The quantitative estimate of drug-likeness (QED) is 0.591. The highest BCUT2D eigenvalue weighted by Crippen LogP contribution is 2.41. The van der Waals surface area contributed by atoms with E-state index in [2.05, 4.69) is 31.1 Å². The van der Waals surface area contributed by atoms with Crippen molar-refractivity contribution in [1.82, 2.24) is 19.7 Å². The number of carbonyl (C=O) groups is 1. The van der Waals surface area contributed by atoms with Crippen LogP contribution in [0.2, 0.25) is 0 Å². The molecular weight excluding hydrogens is 418 g/mol. The first-order chi connectivity index (χ1) is 14.7. The Hall–Kier alpha value is -2.52. The molecule has 7 nitrogen and oxygen atoms in total. The standard InChI is InChI=1S/C21H23N5O2S2/c27-17-7-5-15(6-8-17)24-9-11-25(12-10-24)19(28)14-30-21-23-22-20(18-2-1-13-29-18)26(21)16-3-4-16/h1-2,5-8,13,16,27H,3-4,9-12,14H2. The second kappa shape index (κ2) is 8.31. The van der Waals surface area contributed by atoms with Crippen LogP contribution < -0.4 is 4.90 Å². The van der Waals surface area contributed by atoms with Crippen molar-refractivity contribution >= 4 is 34.7 Å². The number of benzene rings is 1. The molecule has 5 rings (SSSR count). The van der Waals surface area contributed by atoms with Crippen molar-refractivity contribution in [2.45, 2.75) is 24.0 Å². The first-order valence-corrected chi connectivity index (χ1v) is 12.0. The minimum absolute atomic E-state index is 0.147. The van der Waals surface area contributed by atoms with E-state index in [0.29, 0.717) is 24.9 Å². The first kappa shape index (κ1) is 19.4. The molecule has 2 fully saturated rings. The number of rotatable bonds is 6. The number of aromatic nitrogens is 3. The molecule has 2 aromatic heterocycles. The third kappa shape index (κ3) is 4.04. The van der Waals surface area contributed by atoms with Crippen molar-refractivity contribution in [2.75, 3.05) is 36.8 Å². The minimum Gasteiger partial charge on any atom is -0.508 e. The highest BCUT2D eigenvalue weighted by atomic mass is 32.2. The molecule has 0 bridgehead atoms. The van der Waals surface area contributed by atoms with Crippen molar-refractivity contribution < 1.29 is 9.90 Å². The third-order valence-corrected chi connectivity index (χ3v) is 7.28. The van der Waals surface area contributed by atoms with E-state index in [0.717, 1.165) is 47.5 Å². The van der Waals surface area contributed by atoms with Crippen LogP contribution in [-0.4, -0.2) is 62.6 Å². The number of thioether (sulfide) groups is 1. The van der Waals surface area contributed by atoms with E-state index in [9.17, 15) is 9.90 Å². The third-order valence-electron chi connectivity index (χ3n) is 5.49. The van der Waals surface area contributed by atoms with Gasteiger partial charge in [-0.05, 0) is 48.6 Å².